The lowest BCUT2D eigenvalue weighted by molar-refractivity contribution is 0.253. The molecule has 0 aromatic heterocycles. The lowest BCUT2D eigenvalue weighted by Gasteiger charge is -2.36. The molecule has 1 aromatic carbocycles. The molecule has 6 heteroatoms. The Balaban J connectivity index is 1.24. The number of anilines is 1. The summed E-state index contributed by atoms with van der Waals surface area (Å²) >= 11 is 0. The van der Waals surface area contributed by atoms with Crippen LogP contribution in [0, 0.1) is 0 Å². The van der Waals surface area contributed by atoms with Crippen molar-refractivity contribution in [2.75, 3.05) is 63.8 Å². The highest BCUT2D eigenvalue weighted by molar-refractivity contribution is 5.77. The molecular weight excluding hydrogens is 348 g/mol. The van der Waals surface area contributed by atoms with E-state index in [-0.39, 0.29) is 0 Å². The van der Waals surface area contributed by atoms with Gasteiger partial charge in [-0.2, -0.15) is 0 Å². The Morgan fingerprint density at radius 1 is 1.11 bits per heavy atom. The van der Waals surface area contributed by atoms with Gasteiger partial charge < -0.3 is 16.0 Å². The highest BCUT2D eigenvalue weighted by Crippen LogP contribution is 2.17. The van der Waals surface area contributed by atoms with E-state index in [0.29, 0.717) is 12.0 Å². The number of likely N-dealkylation sites (tertiary alicyclic amines) is 1. The predicted molar refractivity (Wildman–Crippen MR) is 119 cm³/mol. The third-order valence-corrected chi connectivity index (χ3v) is 6.08. The van der Waals surface area contributed by atoms with Crippen LogP contribution in [0.3, 0.4) is 0 Å². The zero-order valence-electron chi connectivity index (χ0n) is 17.5. The minimum absolute atomic E-state index is 0.583. The fraction of sp³-hybridized carbons (Fsp3) is 0.682. The molecule has 2 aliphatic rings. The Kier molecular flexibility index (Phi) is 8.42. The standard InChI is InChI=1S/C22H38N6/c1-2-27-14-8-11-21(27)19-25-22(23)24-12-6-7-13-26-15-17-28(18-16-26)20-9-4-3-5-10-20/h3-5,9-10,21H,2,6-8,11-19H2,1H3,(H3,23,24,25). The van der Waals surface area contributed by atoms with Crippen molar-refractivity contribution in [2.24, 2.45) is 10.7 Å². The van der Waals surface area contributed by atoms with Gasteiger partial charge in [0.2, 0.25) is 0 Å². The number of unbranched alkanes of at least 4 members (excludes halogenated alkanes) is 1. The number of aliphatic imine (C=N–C) groups is 1. The van der Waals surface area contributed by atoms with Gasteiger partial charge in [0.1, 0.15) is 0 Å². The van der Waals surface area contributed by atoms with Crippen LogP contribution < -0.4 is 16.0 Å². The van der Waals surface area contributed by atoms with E-state index in [2.05, 4.69) is 62.3 Å². The first-order valence-electron chi connectivity index (χ1n) is 11.1. The monoisotopic (exact) mass is 386 g/mol. The van der Waals surface area contributed by atoms with Crippen LogP contribution in [-0.2, 0) is 0 Å². The van der Waals surface area contributed by atoms with Crippen molar-refractivity contribution in [1.29, 1.82) is 0 Å². The molecule has 3 N–H and O–H groups in total. The molecular formula is C22H38N6. The topological polar surface area (TPSA) is 60.1 Å². The number of guanidine groups is 1. The van der Waals surface area contributed by atoms with Crippen molar-refractivity contribution in [1.82, 2.24) is 15.1 Å². The lowest BCUT2D eigenvalue weighted by Crippen LogP contribution is -2.46. The van der Waals surface area contributed by atoms with Gasteiger partial charge in [0.15, 0.2) is 5.96 Å². The molecule has 0 amide bonds. The van der Waals surface area contributed by atoms with Crippen molar-refractivity contribution < 1.29 is 0 Å². The Hall–Kier alpha value is -1.79. The summed E-state index contributed by atoms with van der Waals surface area (Å²) in [6.45, 7) is 12.0. The van der Waals surface area contributed by atoms with E-state index in [1.807, 2.05) is 0 Å². The summed E-state index contributed by atoms with van der Waals surface area (Å²) in [5.74, 6) is 0.611. The van der Waals surface area contributed by atoms with Crippen molar-refractivity contribution in [3.8, 4) is 0 Å². The highest BCUT2D eigenvalue weighted by Gasteiger charge is 2.22. The van der Waals surface area contributed by atoms with Gasteiger partial charge in [-0.25, -0.2) is 0 Å². The molecule has 0 aliphatic carbocycles. The number of nitrogens with zero attached hydrogens (tertiary/aromatic N) is 4. The van der Waals surface area contributed by atoms with Crippen LogP contribution in [-0.4, -0.2) is 80.7 Å². The molecule has 28 heavy (non-hydrogen) atoms. The van der Waals surface area contributed by atoms with Crippen LogP contribution in [0.1, 0.15) is 32.6 Å². The van der Waals surface area contributed by atoms with Gasteiger partial charge in [0.25, 0.3) is 0 Å². The van der Waals surface area contributed by atoms with Crippen molar-refractivity contribution in [2.45, 2.75) is 38.6 Å². The van der Waals surface area contributed by atoms with Crippen LogP contribution >= 0.6 is 0 Å². The minimum Gasteiger partial charge on any atom is -0.370 e. The van der Waals surface area contributed by atoms with E-state index in [4.69, 9.17) is 5.73 Å². The number of rotatable bonds is 9. The average molecular weight is 387 g/mol. The molecule has 6 nitrogen and oxygen atoms in total. The average Bonchev–Trinajstić information content (AvgIpc) is 3.21. The quantitative estimate of drug-likeness (QED) is 0.386. The zero-order chi connectivity index (χ0) is 19.6. The van der Waals surface area contributed by atoms with E-state index < -0.39 is 0 Å². The van der Waals surface area contributed by atoms with E-state index >= 15 is 0 Å². The SMILES string of the molecule is CCN1CCCC1CN=C(N)NCCCCN1CCN(c2ccccc2)CC1. The van der Waals surface area contributed by atoms with Gasteiger partial charge in [0, 0.05) is 44.5 Å². The summed E-state index contributed by atoms with van der Waals surface area (Å²) in [7, 11) is 0. The smallest absolute Gasteiger partial charge is 0.188 e. The normalized spacial score (nSPS) is 22.0. The summed E-state index contributed by atoms with van der Waals surface area (Å²) < 4.78 is 0. The van der Waals surface area contributed by atoms with Crippen molar-refractivity contribution in [3.05, 3.63) is 30.3 Å². The first-order chi connectivity index (χ1) is 13.8. The first-order valence-corrected chi connectivity index (χ1v) is 11.1. The molecule has 2 fully saturated rings. The highest BCUT2D eigenvalue weighted by atomic mass is 15.3. The van der Waals surface area contributed by atoms with Gasteiger partial charge in [-0.3, -0.25) is 14.8 Å². The molecule has 3 rings (SSSR count). The van der Waals surface area contributed by atoms with Crippen LogP contribution in [0.25, 0.3) is 0 Å². The molecule has 2 aliphatic heterocycles. The number of piperazine rings is 1. The van der Waals surface area contributed by atoms with E-state index in [9.17, 15) is 0 Å². The maximum Gasteiger partial charge on any atom is 0.188 e. The van der Waals surface area contributed by atoms with E-state index in [1.165, 1.54) is 38.0 Å². The molecule has 0 spiro atoms. The number of benzene rings is 1. The largest absolute Gasteiger partial charge is 0.370 e. The van der Waals surface area contributed by atoms with Gasteiger partial charge >= 0.3 is 0 Å². The Morgan fingerprint density at radius 3 is 2.64 bits per heavy atom. The lowest BCUT2D eigenvalue weighted by atomic mass is 10.2. The fourth-order valence-corrected chi connectivity index (χ4v) is 4.32. The van der Waals surface area contributed by atoms with Gasteiger partial charge in [-0.15, -0.1) is 0 Å². The number of likely N-dealkylation sites (N-methyl/N-ethyl adjacent to an activating group) is 1. The number of hydrogen-bond acceptors (Lipinski definition) is 4. The Morgan fingerprint density at radius 2 is 1.89 bits per heavy atom. The summed E-state index contributed by atoms with van der Waals surface area (Å²) in [6.07, 6.45) is 4.89. The second kappa shape index (κ2) is 11.3. The zero-order valence-corrected chi connectivity index (χ0v) is 17.5. The maximum atomic E-state index is 6.04. The molecule has 1 aromatic rings. The summed E-state index contributed by atoms with van der Waals surface area (Å²) in [5.41, 5.74) is 7.39. The third kappa shape index (κ3) is 6.38. The fourth-order valence-electron chi connectivity index (χ4n) is 4.32. The number of para-hydroxylation sites is 1. The Bertz CT molecular complexity index is 582. The molecule has 1 unspecified atom stereocenters. The van der Waals surface area contributed by atoms with Crippen LogP contribution in [0.4, 0.5) is 5.69 Å². The van der Waals surface area contributed by atoms with Crippen molar-refractivity contribution in [3.63, 3.8) is 0 Å². The maximum absolute atomic E-state index is 6.04. The van der Waals surface area contributed by atoms with Gasteiger partial charge in [-0.05, 0) is 57.5 Å². The molecule has 1 atom stereocenters. The molecule has 2 heterocycles. The van der Waals surface area contributed by atoms with E-state index in [0.717, 1.165) is 52.2 Å². The second-order valence-corrected chi connectivity index (χ2v) is 7.95. The van der Waals surface area contributed by atoms with Crippen LogP contribution in [0.15, 0.2) is 35.3 Å². The van der Waals surface area contributed by atoms with E-state index in [1.54, 1.807) is 0 Å². The predicted octanol–water partition coefficient (Wildman–Crippen LogP) is 1.98. The minimum atomic E-state index is 0.583. The van der Waals surface area contributed by atoms with Crippen molar-refractivity contribution >= 4 is 11.6 Å². The number of nitrogens with one attached hydrogen (secondary N) is 1. The Labute approximate surface area is 170 Å². The third-order valence-electron chi connectivity index (χ3n) is 6.08. The van der Waals surface area contributed by atoms with Crippen LogP contribution in [0.2, 0.25) is 0 Å². The summed E-state index contributed by atoms with van der Waals surface area (Å²) in [4.78, 5) is 12.1. The molecule has 2 saturated heterocycles. The number of nitrogens with two attached hydrogens (primary N) is 1. The first kappa shape index (κ1) is 20.9. The van der Waals surface area contributed by atoms with Crippen LogP contribution in [0.5, 0.6) is 0 Å². The molecule has 156 valence electrons. The number of hydrogen-bond donors (Lipinski definition) is 2. The summed E-state index contributed by atoms with van der Waals surface area (Å²) in [5, 5.41) is 3.29. The second-order valence-electron chi connectivity index (χ2n) is 7.95. The van der Waals surface area contributed by atoms with Gasteiger partial charge in [-0.1, -0.05) is 25.1 Å². The molecule has 0 saturated carbocycles. The van der Waals surface area contributed by atoms with Gasteiger partial charge in [0.05, 0.1) is 6.54 Å². The molecule has 0 bridgehead atoms. The molecule has 0 radical (unpaired) electrons. The summed E-state index contributed by atoms with van der Waals surface area (Å²) in [6, 6.07) is 11.3.